The number of aliphatic imine (C=N–C) groups is 2. The Morgan fingerprint density at radius 2 is 1.24 bits per heavy atom. The summed E-state index contributed by atoms with van der Waals surface area (Å²) < 4.78 is 5.81. The molecule has 0 saturated carbocycles. The molecule has 3 N–H and O–H groups in total. The third-order valence-corrected chi connectivity index (χ3v) is 13.9. The quantitative estimate of drug-likeness (QED) is 0.166. The highest BCUT2D eigenvalue weighted by Gasteiger charge is 2.35. The second-order valence-corrected chi connectivity index (χ2v) is 17.9. The number of aliphatic carboxylic acids is 1. The monoisotopic (exact) mass is 827 g/mol. The highest BCUT2D eigenvalue weighted by Crippen LogP contribution is 2.42. The molecule has 15 nitrogen and oxygen atoms in total. The number of thiophene rings is 2. The number of carbonyl (C=O) groups is 2. The van der Waals surface area contributed by atoms with E-state index >= 15 is 0 Å². The molecular formula is C42H41N11O4S2. The van der Waals surface area contributed by atoms with Crippen LogP contribution in [0.5, 0.6) is 0 Å². The smallest absolute Gasteiger partial charge is 0.306 e. The summed E-state index contributed by atoms with van der Waals surface area (Å²) in [7, 11) is 0. The van der Waals surface area contributed by atoms with Crippen molar-refractivity contribution < 1.29 is 19.4 Å². The van der Waals surface area contributed by atoms with Gasteiger partial charge < -0.3 is 25.4 Å². The molecule has 300 valence electrons. The van der Waals surface area contributed by atoms with Crippen molar-refractivity contribution in [2.75, 3.05) is 23.7 Å². The van der Waals surface area contributed by atoms with Gasteiger partial charge in [-0.25, -0.2) is 19.9 Å². The van der Waals surface area contributed by atoms with Gasteiger partial charge in [-0.1, -0.05) is 0 Å². The molecule has 17 heteroatoms. The minimum Gasteiger partial charge on any atom is -0.481 e. The van der Waals surface area contributed by atoms with Crippen molar-refractivity contribution in [1.82, 2.24) is 34.8 Å². The Morgan fingerprint density at radius 3 is 1.76 bits per heavy atom. The van der Waals surface area contributed by atoms with Gasteiger partial charge in [0.2, 0.25) is 5.91 Å². The summed E-state index contributed by atoms with van der Waals surface area (Å²) >= 11 is 3.26. The number of morpholine rings is 1. The van der Waals surface area contributed by atoms with E-state index in [0.29, 0.717) is 39.0 Å². The first kappa shape index (κ1) is 37.5. The van der Waals surface area contributed by atoms with E-state index in [4.69, 9.17) is 4.74 Å². The summed E-state index contributed by atoms with van der Waals surface area (Å²) in [5.41, 5.74) is 8.26. The Morgan fingerprint density at radius 1 is 0.729 bits per heavy atom. The molecule has 6 aromatic rings. The summed E-state index contributed by atoms with van der Waals surface area (Å²) in [5, 5.41) is 18.2. The van der Waals surface area contributed by atoms with E-state index in [-0.39, 0.29) is 30.0 Å². The molecule has 2 aliphatic carbocycles. The molecule has 0 aromatic carbocycles. The Labute approximate surface area is 347 Å². The lowest BCUT2D eigenvalue weighted by molar-refractivity contribution is -0.147. The van der Waals surface area contributed by atoms with Crippen LogP contribution in [0.4, 0.5) is 23.0 Å². The fourth-order valence-electron chi connectivity index (χ4n) is 8.83. The van der Waals surface area contributed by atoms with Crippen LogP contribution < -0.4 is 10.6 Å². The van der Waals surface area contributed by atoms with Crippen molar-refractivity contribution in [1.29, 1.82) is 0 Å². The first-order valence-electron chi connectivity index (χ1n) is 19.9. The van der Waals surface area contributed by atoms with Crippen molar-refractivity contribution in [3.63, 3.8) is 0 Å². The van der Waals surface area contributed by atoms with E-state index in [0.717, 1.165) is 96.5 Å². The lowest BCUT2D eigenvalue weighted by atomic mass is 9.86. The number of carboxylic acid groups (broad SMARTS) is 1. The fraction of sp³-hybridized carbons (Fsp3) is 0.381. The molecule has 4 atom stereocenters. The molecular weight excluding hydrogens is 787 g/mol. The van der Waals surface area contributed by atoms with E-state index in [1.807, 2.05) is 43.4 Å². The number of hydrogen-bond donors (Lipinski definition) is 3. The largest absolute Gasteiger partial charge is 0.481 e. The number of fused-ring (bicyclic) bond motifs is 8. The van der Waals surface area contributed by atoms with E-state index in [2.05, 4.69) is 56.6 Å². The maximum atomic E-state index is 13.3. The topological polar surface area (TPSA) is 193 Å². The van der Waals surface area contributed by atoms with Gasteiger partial charge in [0.05, 0.1) is 77.1 Å². The molecule has 0 radical (unpaired) electrons. The van der Waals surface area contributed by atoms with Crippen molar-refractivity contribution >= 4 is 90.4 Å². The first-order chi connectivity index (χ1) is 28.7. The van der Waals surface area contributed by atoms with E-state index in [9.17, 15) is 14.7 Å². The zero-order valence-electron chi connectivity index (χ0n) is 32.5. The number of aromatic nitrogens is 6. The minimum absolute atomic E-state index is 0.0210. The van der Waals surface area contributed by atoms with Crippen LogP contribution in [0.2, 0.25) is 0 Å². The van der Waals surface area contributed by atoms with Crippen molar-refractivity contribution in [2.24, 2.45) is 21.8 Å². The number of nitrogens with zero attached hydrogens (tertiary/aromatic N) is 9. The van der Waals surface area contributed by atoms with Crippen molar-refractivity contribution in [3.05, 3.63) is 80.6 Å². The highest BCUT2D eigenvalue weighted by atomic mass is 32.1. The predicted molar refractivity (Wildman–Crippen MR) is 228 cm³/mol. The molecule has 1 fully saturated rings. The Hall–Kier alpha value is -5.78. The van der Waals surface area contributed by atoms with Gasteiger partial charge in [0.15, 0.2) is 0 Å². The van der Waals surface area contributed by atoms with E-state index < -0.39 is 5.97 Å². The van der Waals surface area contributed by atoms with Gasteiger partial charge in [-0.15, -0.1) is 22.7 Å². The number of pyridine rings is 2. The number of nitrogens with one attached hydrogen (secondary N) is 2. The van der Waals surface area contributed by atoms with Crippen LogP contribution in [0.15, 0.2) is 47.2 Å². The average Bonchev–Trinajstić information content (AvgIpc) is 4.04. The number of carbonyl (C=O) groups excluding carboxylic acids is 1. The molecule has 59 heavy (non-hydrogen) atoms. The number of hydrogen-bond acceptors (Lipinski definition) is 15. The summed E-state index contributed by atoms with van der Waals surface area (Å²) in [4.78, 5) is 66.3. The molecule has 11 rings (SSSR count). The lowest BCUT2D eigenvalue weighted by Gasteiger charge is -2.37. The second-order valence-electron chi connectivity index (χ2n) is 15.7. The van der Waals surface area contributed by atoms with Gasteiger partial charge >= 0.3 is 5.97 Å². The third kappa shape index (κ3) is 7.31. The summed E-state index contributed by atoms with van der Waals surface area (Å²) in [5.74, 6) is 0.805. The molecule has 6 aromatic heterocycles. The third-order valence-electron chi connectivity index (χ3n) is 11.6. The maximum absolute atomic E-state index is 13.3. The average molecular weight is 828 g/mol. The number of rotatable bonds is 6. The van der Waals surface area contributed by atoms with Gasteiger partial charge in [-0.2, -0.15) is 0 Å². The number of anilines is 4. The zero-order chi connectivity index (χ0) is 40.2. The maximum Gasteiger partial charge on any atom is 0.306 e. The number of amides is 1. The fourth-order valence-corrected chi connectivity index (χ4v) is 11.4. The van der Waals surface area contributed by atoms with E-state index in [1.165, 1.54) is 16.0 Å². The highest BCUT2D eigenvalue weighted by molar-refractivity contribution is 7.19. The first-order valence-corrected chi connectivity index (χ1v) is 21.6. The number of aryl methyl sites for hydroxylation is 2. The number of carboxylic acids is 1. The molecule has 9 heterocycles. The number of ether oxygens (including phenoxy) is 1. The van der Waals surface area contributed by atoms with Crippen LogP contribution in [0.3, 0.4) is 0 Å². The lowest BCUT2D eigenvalue weighted by Crippen LogP contribution is -2.50. The molecule has 0 unspecified atom stereocenters. The molecule has 1 saturated heterocycles. The standard InChI is InChI=1S/C24H26N6O2S.C18H15N5O2S/c1-13-10-30(11-14(2)32-13)24(31)15-3-4-18-20(6-15)33-23-21(18)22(27-12-28-23)29-17-5-16-7-25-9-19(16)26-8-17;24-18(25)9-1-2-12-14(4-9)26-17-15(12)16(21-8-22-17)23-11-3-10-5-19-7-13(10)20-6-11/h5,7-8,12-15H,3-4,6,9-11H2,1-2H3,(H,27,28,29);3,5-6,8-9H,1-2,4,7H2,(H,24,25)(H,21,22,23)/t13-,14+,15-;9-/m00/s1. The Balaban J connectivity index is 0.000000147. The molecule has 0 spiro atoms. The Bertz CT molecular complexity index is 2700. The normalized spacial score (nSPS) is 21.4. The molecule has 5 aliphatic rings. The van der Waals surface area contributed by atoms with Crippen LogP contribution in [0.1, 0.15) is 70.1 Å². The molecule has 0 bridgehead atoms. The van der Waals surface area contributed by atoms with Crippen LogP contribution in [0, 0.1) is 11.8 Å². The zero-order valence-corrected chi connectivity index (χ0v) is 34.1. The van der Waals surface area contributed by atoms with Crippen molar-refractivity contribution in [2.45, 2.75) is 77.7 Å². The second kappa shape index (κ2) is 15.4. The van der Waals surface area contributed by atoms with Crippen molar-refractivity contribution in [3.8, 4) is 0 Å². The summed E-state index contributed by atoms with van der Waals surface area (Å²) in [6.07, 6.45) is 15.1. The van der Waals surface area contributed by atoms with Crippen LogP contribution in [-0.4, -0.2) is 89.5 Å². The van der Waals surface area contributed by atoms with Crippen LogP contribution in [-0.2, 0) is 53.1 Å². The molecule has 1 amide bonds. The van der Waals surface area contributed by atoms with Gasteiger partial charge in [0.25, 0.3) is 0 Å². The van der Waals surface area contributed by atoms with Crippen LogP contribution >= 0.6 is 22.7 Å². The van der Waals surface area contributed by atoms with E-state index in [1.54, 1.807) is 41.5 Å². The SMILES string of the molecule is C[C@@H]1CN(C(=O)[C@H]2CCc3c(sc4ncnc(Nc5cnc6c(c5)C=NC6)c34)C2)C[C@H](C)O1.O=C(O)[C@H]1CCc2c(sc3ncnc(Nc4cnc5c(c4)C=NC5)c23)C1. The predicted octanol–water partition coefficient (Wildman–Crippen LogP) is 6.46. The van der Waals surface area contributed by atoms with Gasteiger partial charge in [0, 0.05) is 52.3 Å². The Kier molecular flexibility index (Phi) is 9.81. The van der Waals surface area contributed by atoms with Gasteiger partial charge in [-0.3, -0.25) is 29.5 Å². The van der Waals surface area contributed by atoms with Gasteiger partial charge in [0.1, 0.15) is 34.0 Å². The minimum atomic E-state index is -0.719. The molecule has 3 aliphatic heterocycles. The summed E-state index contributed by atoms with van der Waals surface area (Å²) in [6, 6.07) is 4.08. The summed E-state index contributed by atoms with van der Waals surface area (Å²) in [6.45, 7) is 6.72. The van der Waals surface area contributed by atoms with Gasteiger partial charge in [-0.05, 0) is 75.6 Å². The van der Waals surface area contributed by atoms with Crippen LogP contribution in [0.25, 0.3) is 20.4 Å².